The van der Waals surface area contributed by atoms with Crippen molar-refractivity contribution in [1.29, 1.82) is 5.26 Å². The molecule has 3 aromatic carbocycles. The van der Waals surface area contributed by atoms with Crippen LogP contribution < -0.4 is 14.5 Å². The van der Waals surface area contributed by atoms with Crippen molar-refractivity contribution in [2.75, 3.05) is 12.1 Å². The third kappa shape index (κ3) is 4.59. The average molecular weight is 458 g/mol. The molecule has 33 heavy (non-hydrogen) atoms. The van der Waals surface area contributed by atoms with Gasteiger partial charge in [0.25, 0.3) is 5.91 Å². The molecule has 6 nitrogen and oxygen atoms in total. The summed E-state index contributed by atoms with van der Waals surface area (Å²) in [5.74, 6) is 0.564. The Kier molecular flexibility index (Phi) is 6.43. The van der Waals surface area contributed by atoms with Crippen molar-refractivity contribution in [3.8, 4) is 17.6 Å². The number of hydrogen-bond donors (Lipinski definition) is 0. The highest BCUT2D eigenvalue weighted by atomic mass is 35.5. The Morgan fingerprint density at radius 1 is 1.12 bits per heavy atom. The van der Waals surface area contributed by atoms with Gasteiger partial charge in [-0.3, -0.25) is 4.79 Å². The number of amides is 1. The van der Waals surface area contributed by atoms with E-state index in [9.17, 15) is 10.1 Å². The molecular weight excluding hydrogens is 438 g/mol. The highest BCUT2D eigenvalue weighted by molar-refractivity contribution is 6.33. The molecule has 0 spiro atoms. The topological polar surface area (TPSA) is 74.9 Å². The molecule has 0 aromatic heterocycles. The van der Waals surface area contributed by atoms with Crippen LogP contribution in [0.25, 0.3) is 6.08 Å². The second kappa shape index (κ2) is 9.60. The number of carbonyl (C=O) groups is 1. The van der Waals surface area contributed by atoms with Crippen LogP contribution in [-0.2, 0) is 11.4 Å². The molecule has 0 atom stereocenters. The molecule has 7 heteroatoms. The number of halogens is 1. The highest BCUT2D eigenvalue weighted by Gasteiger charge is 2.28. The second-order valence-corrected chi connectivity index (χ2v) is 7.69. The maximum Gasteiger partial charge on any atom is 0.280 e. The van der Waals surface area contributed by atoms with E-state index in [0.29, 0.717) is 44.6 Å². The predicted octanol–water partition coefficient (Wildman–Crippen LogP) is 5.61. The molecule has 0 saturated carbocycles. The van der Waals surface area contributed by atoms with Crippen molar-refractivity contribution in [3.05, 3.63) is 94.0 Å². The Morgan fingerprint density at radius 3 is 2.58 bits per heavy atom. The van der Waals surface area contributed by atoms with Crippen LogP contribution in [0.4, 0.5) is 5.69 Å². The van der Waals surface area contributed by atoms with Gasteiger partial charge in [0.2, 0.25) is 0 Å². The summed E-state index contributed by atoms with van der Waals surface area (Å²) in [4.78, 5) is 13.0. The summed E-state index contributed by atoms with van der Waals surface area (Å²) in [6, 6.07) is 22.0. The Bertz CT molecular complexity index is 1310. The maximum absolute atomic E-state index is 13.0. The van der Waals surface area contributed by atoms with Crippen LogP contribution in [0.2, 0.25) is 5.02 Å². The monoisotopic (exact) mass is 457 g/mol. The first-order valence-electron chi connectivity index (χ1n) is 10.2. The van der Waals surface area contributed by atoms with Crippen molar-refractivity contribution in [3.63, 3.8) is 0 Å². The molecule has 1 amide bonds. The molecule has 0 saturated heterocycles. The normalized spacial score (nSPS) is 14.2. The molecule has 1 aliphatic heterocycles. The molecule has 1 aliphatic rings. The van der Waals surface area contributed by atoms with Gasteiger partial charge in [-0.1, -0.05) is 48.0 Å². The number of anilines is 1. The predicted molar refractivity (Wildman–Crippen MR) is 129 cm³/mol. The van der Waals surface area contributed by atoms with Gasteiger partial charge in [-0.2, -0.15) is 15.4 Å². The van der Waals surface area contributed by atoms with Crippen LogP contribution >= 0.6 is 11.6 Å². The molecule has 0 unspecified atom stereocenters. The Morgan fingerprint density at radius 2 is 1.85 bits per heavy atom. The molecule has 4 rings (SSSR count). The minimum Gasteiger partial charge on any atom is -0.493 e. The van der Waals surface area contributed by atoms with E-state index in [1.807, 2.05) is 42.5 Å². The quantitative estimate of drug-likeness (QED) is 0.451. The van der Waals surface area contributed by atoms with Crippen molar-refractivity contribution in [1.82, 2.24) is 0 Å². The molecular formula is C26H20ClN3O3. The van der Waals surface area contributed by atoms with E-state index >= 15 is 0 Å². The smallest absolute Gasteiger partial charge is 0.280 e. The van der Waals surface area contributed by atoms with Gasteiger partial charge >= 0.3 is 0 Å². The number of nitriles is 1. The summed E-state index contributed by atoms with van der Waals surface area (Å²) in [6.45, 7) is 1.95. The zero-order valence-electron chi connectivity index (χ0n) is 18.1. The second-order valence-electron chi connectivity index (χ2n) is 7.29. The highest BCUT2D eigenvalue weighted by Crippen LogP contribution is 2.38. The zero-order valence-corrected chi connectivity index (χ0v) is 18.8. The largest absolute Gasteiger partial charge is 0.493 e. The van der Waals surface area contributed by atoms with Crippen LogP contribution in [0.5, 0.6) is 11.5 Å². The lowest BCUT2D eigenvalue weighted by atomic mass is 10.1. The fourth-order valence-corrected chi connectivity index (χ4v) is 3.74. The van der Waals surface area contributed by atoms with Crippen molar-refractivity contribution in [2.45, 2.75) is 13.5 Å². The molecule has 0 radical (unpaired) electrons. The molecule has 3 aromatic rings. The number of para-hydroxylation sites is 1. The fourth-order valence-electron chi connectivity index (χ4n) is 3.46. The number of rotatable bonds is 6. The number of benzene rings is 3. The molecule has 164 valence electrons. The molecule has 0 aliphatic carbocycles. The van der Waals surface area contributed by atoms with Gasteiger partial charge in [0.15, 0.2) is 11.5 Å². The zero-order chi connectivity index (χ0) is 23.4. The number of hydrazone groups is 1. The Balaban J connectivity index is 1.61. The minimum absolute atomic E-state index is 0.163. The molecule has 0 bridgehead atoms. The van der Waals surface area contributed by atoms with Gasteiger partial charge in [-0.05, 0) is 48.9 Å². The van der Waals surface area contributed by atoms with Gasteiger partial charge in [0.05, 0.1) is 40.7 Å². The lowest BCUT2D eigenvalue weighted by Gasteiger charge is -2.14. The standard InChI is InChI=1S/C26H20ClN3O3/c1-17-22(26(31)30(29-17)21-10-4-3-5-11-21)12-18-13-23(27)25(24(14-18)32-2)33-16-20-9-7-6-8-19(20)15-28/h3-14H,16H2,1-2H3/b22-12+. The van der Waals surface area contributed by atoms with Gasteiger partial charge in [-0.15, -0.1) is 0 Å². The van der Waals surface area contributed by atoms with E-state index in [1.54, 1.807) is 37.3 Å². The first kappa shape index (κ1) is 22.1. The maximum atomic E-state index is 13.0. The lowest BCUT2D eigenvalue weighted by Crippen LogP contribution is -2.21. The van der Waals surface area contributed by atoms with Crippen LogP contribution in [0.1, 0.15) is 23.6 Å². The van der Waals surface area contributed by atoms with Crippen molar-refractivity contribution < 1.29 is 14.3 Å². The van der Waals surface area contributed by atoms with Gasteiger partial charge < -0.3 is 9.47 Å². The summed E-state index contributed by atoms with van der Waals surface area (Å²) in [7, 11) is 1.52. The number of nitrogens with zero attached hydrogens (tertiary/aromatic N) is 3. The van der Waals surface area contributed by atoms with Gasteiger partial charge in [-0.25, -0.2) is 0 Å². The van der Waals surface area contributed by atoms with E-state index in [0.717, 1.165) is 5.56 Å². The Hall–Kier alpha value is -4.08. The summed E-state index contributed by atoms with van der Waals surface area (Å²) in [6.07, 6.45) is 1.73. The molecule has 1 heterocycles. The van der Waals surface area contributed by atoms with Crippen LogP contribution in [0, 0.1) is 11.3 Å². The van der Waals surface area contributed by atoms with Crippen LogP contribution in [-0.4, -0.2) is 18.7 Å². The summed E-state index contributed by atoms with van der Waals surface area (Å²) in [5.41, 5.74) is 3.72. The van der Waals surface area contributed by atoms with E-state index in [2.05, 4.69) is 11.2 Å². The number of ether oxygens (including phenoxy) is 2. The number of methoxy groups -OCH3 is 1. The van der Waals surface area contributed by atoms with Crippen molar-refractivity contribution >= 4 is 35.0 Å². The molecule has 0 N–H and O–H groups in total. The van der Waals surface area contributed by atoms with Gasteiger partial charge in [0, 0.05) is 5.56 Å². The van der Waals surface area contributed by atoms with E-state index in [1.165, 1.54) is 12.1 Å². The average Bonchev–Trinajstić information content (AvgIpc) is 3.12. The first-order valence-corrected chi connectivity index (χ1v) is 10.5. The van der Waals surface area contributed by atoms with Gasteiger partial charge in [0.1, 0.15) is 6.61 Å². The van der Waals surface area contributed by atoms with E-state index in [-0.39, 0.29) is 12.5 Å². The summed E-state index contributed by atoms with van der Waals surface area (Å²) >= 11 is 6.51. The summed E-state index contributed by atoms with van der Waals surface area (Å²) < 4.78 is 11.4. The third-order valence-corrected chi connectivity index (χ3v) is 5.42. The number of carbonyl (C=O) groups excluding carboxylic acids is 1. The van der Waals surface area contributed by atoms with E-state index in [4.69, 9.17) is 21.1 Å². The van der Waals surface area contributed by atoms with Crippen LogP contribution in [0.15, 0.2) is 77.4 Å². The number of hydrogen-bond acceptors (Lipinski definition) is 5. The lowest BCUT2D eigenvalue weighted by molar-refractivity contribution is -0.114. The molecule has 0 fully saturated rings. The Labute approximate surface area is 196 Å². The summed E-state index contributed by atoms with van der Waals surface area (Å²) in [5, 5.41) is 15.4. The van der Waals surface area contributed by atoms with Crippen LogP contribution in [0.3, 0.4) is 0 Å². The van der Waals surface area contributed by atoms with E-state index < -0.39 is 0 Å². The first-order chi connectivity index (χ1) is 16.0. The fraction of sp³-hybridized carbons (Fsp3) is 0.115. The minimum atomic E-state index is -0.220. The SMILES string of the molecule is COc1cc(/C=C2/C(=O)N(c3ccccc3)N=C2C)cc(Cl)c1OCc1ccccc1C#N. The third-order valence-electron chi connectivity index (χ3n) is 5.14. The van der Waals surface area contributed by atoms with Crippen molar-refractivity contribution in [2.24, 2.45) is 5.10 Å².